The van der Waals surface area contributed by atoms with E-state index in [0.29, 0.717) is 17.0 Å². The Morgan fingerprint density at radius 1 is 1.44 bits per heavy atom. The lowest BCUT2D eigenvalue weighted by Crippen LogP contribution is -2.04. The fourth-order valence-corrected chi connectivity index (χ4v) is 3.10. The molecule has 0 bridgehead atoms. The van der Waals surface area contributed by atoms with Gasteiger partial charge in [0.05, 0.1) is 17.1 Å². The molecule has 0 aliphatic rings. The van der Waals surface area contributed by atoms with E-state index in [1.54, 1.807) is 17.4 Å². The molecular formula is C13H11BrClNOS. The largest absolute Gasteiger partial charge is 0.294 e. The van der Waals surface area contributed by atoms with Crippen LogP contribution in [-0.4, -0.2) is 10.8 Å². The van der Waals surface area contributed by atoms with Crippen molar-refractivity contribution in [3.05, 3.63) is 48.8 Å². The Balaban J connectivity index is 2.24. The normalized spacial score (nSPS) is 10.7. The van der Waals surface area contributed by atoms with Crippen molar-refractivity contribution < 1.29 is 4.79 Å². The third-order valence-electron chi connectivity index (χ3n) is 2.64. The Morgan fingerprint density at radius 3 is 2.78 bits per heavy atom. The van der Waals surface area contributed by atoms with Crippen molar-refractivity contribution in [1.29, 1.82) is 0 Å². The maximum atomic E-state index is 12.2. The zero-order chi connectivity index (χ0) is 13.3. The number of hydrogen-bond donors (Lipinski definition) is 0. The minimum absolute atomic E-state index is 0.00458. The van der Waals surface area contributed by atoms with Crippen LogP contribution in [0.15, 0.2) is 22.7 Å². The number of aryl methyl sites for hydroxylation is 2. The van der Waals surface area contributed by atoms with Crippen LogP contribution in [0.5, 0.6) is 0 Å². The van der Waals surface area contributed by atoms with Gasteiger partial charge in [0.1, 0.15) is 5.01 Å². The Labute approximate surface area is 123 Å². The summed E-state index contributed by atoms with van der Waals surface area (Å²) in [4.78, 5) is 17.7. The number of carbonyl (C=O) groups is 1. The van der Waals surface area contributed by atoms with Crippen LogP contribution >= 0.6 is 38.9 Å². The first-order valence-electron chi connectivity index (χ1n) is 5.39. The summed E-state index contributed by atoms with van der Waals surface area (Å²) >= 11 is 11.0. The number of ketones is 1. The molecule has 5 heteroatoms. The van der Waals surface area contributed by atoms with Crippen molar-refractivity contribution in [2.45, 2.75) is 20.3 Å². The van der Waals surface area contributed by atoms with Crippen LogP contribution in [0.2, 0.25) is 5.02 Å². The number of hydrogen-bond acceptors (Lipinski definition) is 3. The van der Waals surface area contributed by atoms with Gasteiger partial charge >= 0.3 is 0 Å². The van der Waals surface area contributed by atoms with Gasteiger partial charge < -0.3 is 0 Å². The summed E-state index contributed by atoms with van der Waals surface area (Å²) in [6.07, 6.45) is 0.301. The summed E-state index contributed by atoms with van der Waals surface area (Å²) in [6.45, 7) is 3.96. The van der Waals surface area contributed by atoms with Crippen LogP contribution in [0, 0.1) is 13.8 Å². The minimum atomic E-state index is -0.00458. The number of aromatic nitrogens is 1. The summed E-state index contributed by atoms with van der Waals surface area (Å²) in [5.41, 5.74) is 1.53. The zero-order valence-corrected chi connectivity index (χ0v) is 13.1. The van der Waals surface area contributed by atoms with Crippen LogP contribution in [-0.2, 0) is 6.42 Å². The molecule has 1 aromatic heterocycles. The molecule has 0 saturated heterocycles. The molecule has 0 atom stereocenters. The number of nitrogens with zero attached hydrogens (tertiary/aromatic N) is 1. The summed E-state index contributed by atoms with van der Waals surface area (Å²) in [5, 5.41) is 1.30. The number of benzene rings is 1. The van der Waals surface area contributed by atoms with Gasteiger partial charge in [-0.15, -0.1) is 11.3 Å². The molecule has 0 fully saturated rings. The molecule has 18 heavy (non-hydrogen) atoms. The van der Waals surface area contributed by atoms with Gasteiger partial charge in [0.2, 0.25) is 0 Å². The van der Waals surface area contributed by atoms with Gasteiger partial charge in [-0.25, -0.2) is 4.98 Å². The van der Waals surface area contributed by atoms with Crippen LogP contribution in [0.3, 0.4) is 0 Å². The Kier molecular flexibility index (Phi) is 4.20. The second kappa shape index (κ2) is 5.51. The summed E-state index contributed by atoms with van der Waals surface area (Å²) in [7, 11) is 0. The maximum absolute atomic E-state index is 12.2. The van der Waals surface area contributed by atoms with E-state index in [-0.39, 0.29) is 5.78 Å². The number of carbonyl (C=O) groups excluding carboxylic acids is 1. The van der Waals surface area contributed by atoms with Gasteiger partial charge in [0.25, 0.3) is 0 Å². The van der Waals surface area contributed by atoms with E-state index >= 15 is 0 Å². The highest BCUT2D eigenvalue weighted by atomic mass is 79.9. The van der Waals surface area contributed by atoms with E-state index in [4.69, 9.17) is 11.6 Å². The predicted molar refractivity (Wildman–Crippen MR) is 78.8 cm³/mol. The van der Waals surface area contributed by atoms with Crippen molar-refractivity contribution in [3.8, 4) is 0 Å². The lowest BCUT2D eigenvalue weighted by Gasteiger charge is -2.03. The van der Waals surface area contributed by atoms with Crippen molar-refractivity contribution in [2.75, 3.05) is 0 Å². The molecule has 0 saturated carbocycles. The minimum Gasteiger partial charge on any atom is -0.294 e. The highest BCUT2D eigenvalue weighted by Crippen LogP contribution is 2.27. The van der Waals surface area contributed by atoms with Crippen molar-refractivity contribution in [1.82, 2.24) is 4.98 Å². The molecule has 0 unspecified atom stereocenters. The highest BCUT2D eigenvalue weighted by Gasteiger charge is 2.15. The second-order valence-corrected chi connectivity index (χ2v) is 6.47. The van der Waals surface area contributed by atoms with Crippen LogP contribution < -0.4 is 0 Å². The van der Waals surface area contributed by atoms with Gasteiger partial charge in [0, 0.05) is 14.9 Å². The van der Waals surface area contributed by atoms with Crippen LogP contribution in [0.25, 0.3) is 0 Å². The molecule has 0 spiro atoms. The summed E-state index contributed by atoms with van der Waals surface area (Å²) in [6, 6.07) is 5.36. The highest BCUT2D eigenvalue weighted by molar-refractivity contribution is 9.10. The number of rotatable bonds is 3. The fraction of sp³-hybridized carbons (Fsp3) is 0.231. The fourth-order valence-electron chi connectivity index (χ4n) is 1.57. The van der Waals surface area contributed by atoms with Gasteiger partial charge in [-0.1, -0.05) is 17.7 Å². The monoisotopic (exact) mass is 343 g/mol. The molecule has 0 N–H and O–H groups in total. The lowest BCUT2D eigenvalue weighted by atomic mass is 10.1. The number of Topliss-reactive ketones (excluding diaryl/α,β-unsaturated/α-hetero) is 1. The molecular weight excluding hydrogens is 334 g/mol. The van der Waals surface area contributed by atoms with Crippen molar-refractivity contribution in [3.63, 3.8) is 0 Å². The van der Waals surface area contributed by atoms with E-state index in [2.05, 4.69) is 20.9 Å². The van der Waals surface area contributed by atoms with Gasteiger partial charge in [-0.2, -0.15) is 0 Å². The molecule has 94 valence electrons. The number of halogens is 2. The van der Waals surface area contributed by atoms with Gasteiger partial charge in [-0.3, -0.25) is 4.79 Å². The average molecular weight is 345 g/mol. The quantitative estimate of drug-likeness (QED) is 0.762. The molecule has 2 nitrogen and oxygen atoms in total. The molecule has 0 amide bonds. The van der Waals surface area contributed by atoms with Crippen molar-refractivity contribution >= 4 is 44.7 Å². The molecule has 1 aromatic carbocycles. The first-order chi connectivity index (χ1) is 8.49. The molecule has 0 radical (unpaired) electrons. The first-order valence-corrected chi connectivity index (χ1v) is 7.38. The number of thiazole rings is 1. The SMILES string of the molecule is Cc1nc(CC(=O)c2cccc(Br)c2Cl)sc1C. The van der Waals surface area contributed by atoms with E-state index in [0.717, 1.165) is 20.1 Å². The van der Waals surface area contributed by atoms with E-state index < -0.39 is 0 Å². The van der Waals surface area contributed by atoms with Crippen LogP contribution in [0.1, 0.15) is 25.9 Å². The van der Waals surface area contributed by atoms with E-state index in [1.165, 1.54) is 0 Å². The maximum Gasteiger partial charge on any atom is 0.171 e. The van der Waals surface area contributed by atoms with Gasteiger partial charge in [-0.05, 0) is 41.9 Å². The molecule has 2 aromatic rings. The molecule has 1 heterocycles. The van der Waals surface area contributed by atoms with E-state index in [9.17, 15) is 4.79 Å². The van der Waals surface area contributed by atoms with E-state index in [1.807, 2.05) is 26.0 Å². The standard InChI is InChI=1S/C13H11BrClNOS/c1-7-8(2)18-12(16-7)6-11(17)9-4-3-5-10(14)13(9)15/h3-5H,6H2,1-2H3. The summed E-state index contributed by atoms with van der Waals surface area (Å²) < 4.78 is 0.738. The first kappa shape index (κ1) is 13.7. The second-order valence-electron chi connectivity index (χ2n) is 3.95. The Morgan fingerprint density at radius 2 is 2.17 bits per heavy atom. The molecule has 2 rings (SSSR count). The smallest absolute Gasteiger partial charge is 0.171 e. The van der Waals surface area contributed by atoms with Gasteiger partial charge in [0.15, 0.2) is 5.78 Å². The molecule has 0 aliphatic carbocycles. The average Bonchev–Trinajstić information content (AvgIpc) is 2.61. The third-order valence-corrected chi connectivity index (χ3v) is 5.01. The Hall–Kier alpha value is -0.710. The predicted octanol–water partition coefficient (Wildman–Crippen LogP) is 4.60. The van der Waals surface area contributed by atoms with Crippen molar-refractivity contribution in [2.24, 2.45) is 0 Å². The summed E-state index contributed by atoms with van der Waals surface area (Å²) in [5.74, 6) is -0.00458. The lowest BCUT2D eigenvalue weighted by molar-refractivity contribution is 0.0993. The Bertz CT molecular complexity index is 590. The van der Waals surface area contributed by atoms with Crippen LogP contribution in [0.4, 0.5) is 0 Å². The third kappa shape index (κ3) is 2.82. The molecule has 0 aliphatic heterocycles. The topological polar surface area (TPSA) is 30.0 Å². The zero-order valence-electron chi connectivity index (χ0n) is 9.96.